The van der Waals surface area contributed by atoms with E-state index in [9.17, 15) is 0 Å². The van der Waals surface area contributed by atoms with Gasteiger partial charge in [-0.2, -0.15) is 0 Å². The van der Waals surface area contributed by atoms with E-state index in [0.29, 0.717) is 6.10 Å². The van der Waals surface area contributed by atoms with E-state index in [4.69, 9.17) is 9.47 Å². The minimum absolute atomic E-state index is 0.380. The number of ether oxygens (including phenoxy) is 2. The van der Waals surface area contributed by atoms with Crippen molar-refractivity contribution in [2.45, 2.75) is 20.0 Å². The van der Waals surface area contributed by atoms with Crippen molar-refractivity contribution in [3.63, 3.8) is 0 Å². The number of aryl methyl sites for hydroxylation is 1. The summed E-state index contributed by atoms with van der Waals surface area (Å²) in [5.74, 6) is 0.971. The van der Waals surface area contributed by atoms with Gasteiger partial charge in [-0.05, 0) is 25.6 Å². The molecule has 2 aliphatic heterocycles. The van der Waals surface area contributed by atoms with Gasteiger partial charge in [-0.3, -0.25) is 14.7 Å². The molecular weight excluding hydrogens is 314 g/mol. The molecule has 0 N–H and O–H groups in total. The molecule has 0 spiro atoms. The zero-order valence-corrected chi connectivity index (χ0v) is 15.8. The van der Waals surface area contributed by atoms with Crippen molar-refractivity contribution in [3.05, 3.63) is 29.8 Å². The van der Waals surface area contributed by atoms with Crippen molar-refractivity contribution >= 4 is 0 Å². The fourth-order valence-electron chi connectivity index (χ4n) is 3.59. The van der Waals surface area contributed by atoms with E-state index in [2.05, 4.69) is 52.8 Å². The van der Waals surface area contributed by atoms with Gasteiger partial charge >= 0.3 is 0 Å². The van der Waals surface area contributed by atoms with Gasteiger partial charge < -0.3 is 9.47 Å². The van der Waals surface area contributed by atoms with Gasteiger partial charge in [-0.25, -0.2) is 0 Å². The van der Waals surface area contributed by atoms with Crippen LogP contribution in [0.4, 0.5) is 0 Å². The van der Waals surface area contributed by atoms with E-state index in [1.165, 1.54) is 5.56 Å². The fourth-order valence-corrected chi connectivity index (χ4v) is 3.59. The van der Waals surface area contributed by atoms with Gasteiger partial charge in [0.2, 0.25) is 0 Å². The summed E-state index contributed by atoms with van der Waals surface area (Å²) in [4.78, 5) is 7.55. The van der Waals surface area contributed by atoms with Crippen molar-refractivity contribution < 1.29 is 9.47 Å². The molecule has 0 aromatic heterocycles. The third-order valence-electron chi connectivity index (χ3n) is 5.29. The fraction of sp³-hybridized carbons (Fsp3) is 0.700. The molecule has 3 rings (SSSR count). The van der Waals surface area contributed by atoms with Crippen LogP contribution in [0.2, 0.25) is 0 Å². The molecular formula is C20H33N3O2. The molecule has 1 atom stereocenters. The summed E-state index contributed by atoms with van der Waals surface area (Å²) in [5, 5.41) is 0. The molecule has 2 aliphatic rings. The Morgan fingerprint density at radius 1 is 1.00 bits per heavy atom. The predicted octanol–water partition coefficient (Wildman–Crippen LogP) is 1.71. The highest BCUT2D eigenvalue weighted by Crippen LogP contribution is 2.12. The van der Waals surface area contributed by atoms with E-state index in [0.717, 1.165) is 77.9 Å². The Labute approximate surface area is 152 Å². The van der Waals surface area contributed by atoms with E-state index < -0.39 is 0 Å². The van der Waals surface area contributed by atoms with Gasteiger partial charge in [-0.1, -0.05) is 24.6 Å². The number of likely N-dealkylation sites (N-methyl/N-ethyl adjacent to an activating group) is 1. The zero-order valence-electron chi connectivity index (χ0n) is 15.8. The molecule has 5 heteroatoms. The van der Waals surface area contributed by atoms with Crippen LogP contribution in [-0.4, -0.2) is 92.9 Å². The summed E-state index contributed by atoms with van der Waals surface area (Å²) in [6.45, 7) is 15.9. The average Bonchev–Trinajstić information content (AvgIpc) is 2.65. The maximum atomic E-state index is 5.94. The smallest absolute Gasteiger partial charge is 0.119 e. The average molecular weight is 348 g/mol. The number of piperazine rings is 1. The molecule has 2 saturated heterocycles. The second kappa shape index (κ2) is 9.53. The lowest BCUT2D eigenvalue weighted by atomic mass is 10.2. The highest BCUT2D eigenvalue weighted by Gasteiger charge is 2.24. The molecule has 0 aliphatic carbocycles. The van der Waals surface area contributed by atoms with Crippen molar-refractivity contribution in [1.82, 2.24) is 14.7 Å². The third-order valence-corrected chi connectivity index (χ3v) is 5.29. The lowest BCUT2D eigenvalue weighted by molar-refractivity contribution is -0.0470. The van der Waals surface area contributed by atoms with Crippen LogP contribution in [0.1, 0.15) is 12.5 Å². The monoisotopic (exact) mass is 347 g/mol. The summed E-state index contributed by atoms with van der Waals surface area (Å²) in [6, 6.07) is 8.30. The molecule has 1 aromatic rings. The van der Waals surface area contributed by atoms with Gasteiger partial charge in [0.15, 0.2) is 0 Å². The van der Waals surface area contributed by atoms with Crippen molar-refractivity contribution in [1.29, 1.82) is 0 Å². The topological polar surface area (TPSA) is 28.2 Å². The van der Waals surface area contributed by atoms with E-state index in [1.807, 2.05) is 0 Å². The first-order valence-electron chi connectivity index (χ1n) is 9.71. The Morgan fingerprint density at radius 3 is 2.44 bits per heavy atom. The van der Waals surface area contributed by atoms with Crippen LogP contribution in [0.15, 0.2) is 24.3 Å². The van der Waals surface area contributed by atoms with Crippen molar-refractivity contribution in [2.75, 3.05) is 72.1 Å². The molecule has 2 fully saturated rings. The maximum absolute atomic E-state index is 5.94. The van der Waals surface area contributed by atoms with Crippen molar-refractivity contribution in [2.24, 2.45) is 0 Å². The van der Waals surface area contributed by atoms with Crippen LogP contribution < -0.4 is 4.74 Å². The van der Waals surface area contributed by atoms with Crippen LogP contribution in [0.5, 0.6) is 5.75 Å². The molecule has 0 saturated carbocycles. The molecule has 0 amide bonds. The Morgan fingerprint density at radius 2 is 1.72 bits per heavy atom. The van der Waals surface area contributed by atoms with E-state index in [1.54, 1.807) is 0 Å². The van der Waals surface area contributed by atoms with Gasteiger partial charge in [0.05, 0.1) is 12.7 Å². The standard InChI is InChI=1S/C20H33N3O2/c1-3-21-12-14-25-20(16-21)17-23-10-8-22(9-11-23)13-15-24-19-6-4-18(2)5-7-19/h4-7,20H,3,8-17H2,1-2H3/t20-/m1/s1. The lowest BCUT2D eigenvalue weighted by Gasteiger charge is -2.39. The van der Waals surface area contributed by atoms with Crippen molar-refractivity contribution in [3.8, 4) is 5.75 Å². The molecule has 5 nitrogen and oxygen atoms in total. The van der Waals surface area contributed by atoms with Gasteiger partial charge in [0, 0.05) is 52.4 Å². The second-order valence-corrected chi connectivity index (χ2v) is 7.19. The van der Waals surface area contributed by atoms with Gasteiger partial charge in [-0.15, -0.1) is 0 Å². The molecule has 25 heavy (non-hydrogen) atoms. The maximum Gasteiger partial charge on any atom is 0.119 e. The Hall–Kier alpha value is -1.14. The summed E-state index contributed by atoms with van der Waals surface area (Å²) in [5.41, 5.74) is 1.27. The first-order chi connectivity index (χ1) is 12.2. The SMILES string of the molecule is CCN1CCO[C@@H](CN2CCN(CCOc3ccc(C)cc3)CC2)C1. The summed E-state index contributed by atoms with van der Waals surface area (Å²) in [7, 11) is 0. The van der Waals surface area contributed by atoms with Crippen LogP contribution in [0.3, 0.4) is 0 Å². The lowest BCUT2D eigenvalue weighted by Crippen LogP contribution is -2.52. The molecule has 140 valence electrons. The molecule has 1 aromatic carbocycles. The van der Waals surface area contributed by atoms with E-state index in [-0.39, 0.29) is 0 Å². The van der Waals surface area contributed by atoms with Crippen LogP contribution in [0, 0.1) is 6.92 Å². The number of hydrogen-bond donors (Lipinski definition) is 0. The highest BCUT2D eigenvalue weighted by atomic mass is 16.5. The molecule has 0 radical (unpaired) electrons. The number of benzene rings is 1. The van der Waals surface area contributed by atoms with Gasteiger partial charge in [0.25, 0.3) is 0 Å². The third kappa shape index (κ3) is 5.96. The first-order valence-corrected chi connectivity index (χ1v) is 9.71. The van der Waals surface area contributed by atoms with Crippen LogP contribution >= 0.6 is 0 Å². The molecule has 0 bridgehead atoms. The molecule has 2 heterocycles. The summed E-state index contributed by atoms with van der Waals surface area (Å²) in [6.07, 6.45) is 0.380. The number of morpholine rings is 1. The van der Waals surface area contributed by atoms with Crippen LogP contribution in [-0.2, 0) is 4.74 Å². The largest absolute Gasteiger partial charge is 0.492 e. The number of rotatable bonds is 7. The van der Waals surface area contributed by atoms with E-state index >= 15 is 0 Å². The second-order valence-electron chi connectivity index (χ2n) is 7.19. The predicted molar refractivity (Wildman–Crippen MR) is 101 cm³/mol. The minimum Gasteiger partial charge on any atom is -0.492 e. The first kappa shape index (κ1) is 18.6. The number of hydrogen-bond acceptors (Lipinski definition) is 5. The quantitative estimate of drug-likeness (QED) is 0.749. The highest BCUT2D eigenvalue weighted by molar-refractivity contribution is 5.26. The Balaban J connectivity index is 1.31. The Kier molecular flexibility index (Phi) is 7.11. The summed E-state index contributed by atoms with van der Waals surface area (Å²) < 4.78 is 11.8. The summed E-state index contributed by atoms with van der Waals surface area (Å²) >= 11 is 0. The normalized spacial score (nSPS) is 23.7. The van der Waals surface area contributed by atoms with Gasteiger partial charge in [0.1, 0.15) is 12.4 Å². The number of nitrogens with zero attached hydrogens (tertiary/aromatic N) is 3. The molecule has 0 unspecified atom stereocenters. The van der Waals surface area contributed by atoms with Crippen LogP contribution in [0.25, 0.3) is 0 Å². The zero-order chi connectivity index (χ0) is 17.5. The Bertz CT molecular complexity index is 500. The minimum atomic E-state index is 0.380.